The van der Waals surface area contributed by atoms with Gasteiger partial charge in [-0.1, -0.05) is 17.5 Å². The predicted molar refractivity (Wildman–Crippen MR) is 65.4 cm³/mol. The van der Waals surface area contributed by atoms with Crippen LogP contribution in [0.5, 0.6) is 11.5 Å². The lowest BCUT2D eigenvalue weighted by molar-refractivity contribution is 0.331. The van der Waals surface area contributed by atoms with Gasteiger partial charge in [0.15, 0.2) is 11.5 Å². The third kappa shape index (κ3) is 2.24. The number of hydrogen-bond acceptors (Lipinski definition) is 4. The van der Waals surface area contributed by atoms with E-state index in [-0.39, 0.29) is 6.61 Å². The molecule has 1 heterocycles. The smallest absolute Gasteiger partial charge is 0.164 e. The van der Waals surface area contributed by atoms with E-state index in [9.17, 15) is 0 Å². The van der Waals surface area contributed by atoms with E-state index in [4.69, 9.17) is 27.5 Å². The molecule has 0 fully saturated rings. The lowest BCUT2D eigenvalue weighted by atomic mass is 10.2. The molecule has 0 spiro atoms. The second kappa shape index (κ2) is 4.89. The Bertz CT molecular complexity index is 593. The van der Waals surface area contributed by atoms with Crippen LogP contribution in [0.2, 0.25) is 5.15 Å². The van der Waals surface area contributed by atoms with Gasteiger partial charge in [0.1, 0.15) is 18.1 Å². The summed E-state index contributed by atoms with van der Waals surface area (Å²) < 4.78 is 10.6. The number of terminal acetylenes is 1. The van der Waals surface area contributed by atoms with Crippen molar-refractivity contribution in [2.24, 2.45) is 0 Å². The van der Waals surface area contributed by atoms with E-state index < -0.39 is 0 Å². The van der Waals surface area contributed by atoms with E-state index in [1.807, 2.05) is 0 Å². The molecule has 0 unspecified atom stereocenters. The normalized spacial score (nSPS) is 9.94. The Morgan fingerprint density at radius 3 is 2.88 bits per heavy atom. The number of nitrogens with zero attached hydrogens (tertiary/aromatic N) is 2. The van der Waals surface area contributed by atoms with Crippen molar-refractivity contribution in [1.82, 2.24) is 9.97 Å². The zero-order valence-corrected chi connectivity index (χ0v) is 9.86. The molecule has 2 rings (SSSR count). The van der Waals surface area contributed by atoms with Crippen LogP contribution in [-0.2, 0) is 0 Å². The zero-order chi connectivity index (χ0) is 12.3. The minimum absolute atomic E-state index is 0.167. The number of halogens is 1. The third-order valence-electron chi connectivity index (χ3n) is 2.18. The molecule has 1 aromatic heterocycles. The fourth-order valence-corrected chi connectivity index (χ4v) is 1.62. The number of ether oxygens (including phenoxy) is 2. The predicted octanol–water partition coefficient (Wildman–Crippen LogP) is 2.30. The summed E-state index contributed by atoms with van der Waals surface area (Å²) in [7, 11) is 1.54. The van der Waals surface area contributed by atoms with Gasteiger partial charge < -0.3 is 9.47 Å². The molecule has 0 amide bonds. The van der Waals surface area contributed by atoms with E-state index in [1.165, 1.54) is 6.33 Å². The largest absolute Gasteiger partial charge is 0.493 e. The first-order valence-corrected chi connectivity index (χ1v) is 5.18. The van der Waals surface area contributed by atoms with Gasteiger partial charge in [0.2, 0.25) is 0 Å². The molecule has 86 valence electrons. The molecular formula is C12H9ClN2O2. The van der Waals surface area contributed by atoms with Crippen LogP contribution in [0, 0.1) is 12.3 Å². The first kappa shape index (κ1) is 11.5. The van der Waals surface area contributed by atoms with Crippen molar-refractivity contribution in [3.63, 3.8) is 0 Å². The minimum Gasteiger partial charge on any atom is -0.493 e. The van der Waals surface area contributed by atoms with E-state index in [0.29, 0.717) is 27.6 Å². The molecule has 0 saturated heterocycles. The highest BCUT2D eigenvalue weighted by molar-refractivity contribution is 6.34. The second-order valence-corrected chi connectivity index (χ2v) is 3.54. The molecule has 0 saturated carbocycles. The highest BCUT2D eigenvalue weighted by Crippen LogP contribution is 2.33. The van der Waals surface area contributed by atoms with E-state index >= 15 is 0 Å². The summed E-state index contributed by atoms with van der Waals surface area (Å²) in [4.78, 5) is 8.00. The van der Waals surface area contributed by atoms with Crippen molar-refractivity contribution >= 4 is 22.5 Å². The number of benzene rings is 1. The molecule has 2 aromatic rings. The molecule has 0 radical (unpaired) electrons. The van der Waals surface area contributed by atoms with Crippen LogP contribution in [0.4, 0.5) is 0 Å². The Hall–Kier alpha value is -1.99. The highest BCUT2D eigenvalue weighted by Gasteiger charge is 2.09. The quantitative estimate of drug-likeness (QED) is 0.618. The van der Waals surface area contributed by atoms with Crippen molar-refractivity contribution in [2.75, 3.05) is 13.7 Å². The van der Waals surface area contributed by atoms with Gasteiger partial charge in [0.05, 0.1) is 12.6 Å². The van der Waals surface area contributed by atoms with Crippen LogP contribution in [0.3, 0.4) is 0 Å². The molecular weight excluding hydrogens is 240 g/mol. The van der Waals surface area contributed by atoms with E-state index in [0.717, 1.165) is 0 Å². The van der Waals surface area contributed by atoms with Gasteiger partial charge in [0.25, 0.3) is 0 Å². The van der Waals surface area contributed by atoms with Crippen LogP contribution >= 0.6 is 11.6 Å². The summed E-state index contributed by atoms with van der Waals surface area (Å²) >= 11 is 5.96. The van der Waals surface area contributed by atoms with E-state index in [1.54, 1.807) is 19.2 Å². The molecule has 5 heteroatoms. The Balaban J connectivity index is 2.57. The SMILES string of the molecule is C#CCOc1cc2ncnc(Cl)c2cc1OC. The van der Waals surface area contributed by atoms with Crippen LogP contribution in [0.25, 0.3) is 10.9 Å². The molecule has 0 aliphatic heterocycles. The van der Waals surface area contributed by atoms with Crippen molar-refractivity contribution in [3.8, 4) is 23.8 Å². The fraction of sp³-hybridized carbons (Fsp3) is 0.167. The Labute approximate surface area is 104 Å². The molecule has 0 bridgehead atoms. The maximum atomic E-state index is 5.96. The van der Waals surface area contributed by atoms with Crippen molar-refractivity contribution in [1.29, 1.82) is 0 Å². The summed E-state index contributed by atoms with van der Waals surface area (Å²) in [6.07, 6.45) is 6.53. The minimum atomic E-state index is 0.167. The van der Waals surface area contributed by atoms with Gasteiger partial charge in [-0.05, 0) is 6.07 Å². The summed E-state index contributed by atoms with van der Waals surface area (Å²) in [5, 5.41) is 1.08. The van der Waals surface area contributed by atoms with Crippen LogP contribution in [0.1, 0.15) is 0 Å². The van der Waals surface area contributed by atoms with Gasteiger partial charge in [0, 0.05) is 11.5 Å². The fourth-order valence-electron chi connectivity index (χ4n) is 1.42. The van der Waals surface area contributed by atoms with Crippen LogP contribution < -0.4 is 9.47 Å². The number of rotatable bonds is 3. The number of methoxy groups -OCH3 is 1. The molecule has 0 N–H and O–H groups in total. The van der Waals surface area contributed by atoms with Gasteiger partial charge in [-0.3, -0.25) is 0 Å². The first-order chi connectivity index (χ1) is 8.26. The Kier molecular flexibility index (Phi) is 3.31. The van der Waals surface area contributed by atoms with Crippen LogP contribution in [-0.4, -0.2) is 23.7 Å². The molecule has 0 atom stereocenters. The highest BCUT2D eigenvalue weighted by atomic mass is 35.5. The average Bonchev–Trinajstić information content (AvgIpc) is 2.36. The average molecular weight is 249 g/mol. The number of aromatic nitrogens is 2. The number of hydrogen-bond donors (Lipinski definition) is 0. The monoisotopic (exact) mass is 248 g/mol. The topological polar surface area (TPSA) is 44.2 Å². The van der Waals surface area contributed by atoms with Crippen molar-refractivity contribution < 1.29 is 9.47 Å². The summed E-state index contributed by atoms with van der Waals surface area (Å²) in [6.45, 7) is 0.167. The summed E-state index contributed by atoms with van der Waals surface area (Å²) in [6, 6.07) is 3.45. The van der Waals surface area contributed by atoms with E-state index in [2.05, 4.69) is 15.9 Å². The first-order valence-electron chi connectivity index (χ1n) is 4.80. The second-order valence-electron chi connectivity index (χ2n) is 3.18. The van der Waals surface area contributed by atoms with Gasteiger partial charge in [-0.25, -0.2) is 9.97 Å². The molecule has 17 heavy (non-hydrogen) atoms. The molecule has 4 nitrogen and oxygen atoms in total. The maximum absolute atomic E-state index is 5.96. The molecule has 1 aromatic carbocycles. The lowest BCUT2D eigenvalue weighted by Gasteiger charge is -2.10. The zero-order valence-electron chi connectivity index (χ0n) is 9.11. The standard InChI is InChI=1S/C12H9ClN2O2/c1-3-4-17-11-6-9-8(5-10(11)16-2)12(13)15-7-14-9/h1,5-7H,4H2,2H3. The van der Waals surface area contributed by atoms with Gasteiger partial charge >= 0.3 is 0 Å². The Morgan fingerprint density at radius 2 is 2.18 bits per heavy atom. The molecule has 0 aliphatic rings. The lowest BCUT2D eigenvalue weighted by Crippen LogP contribution is -1.97. The Morgan fingerprint density at radius 1 is 1.35 bits per heavy atom. The van der Waals surface area contributed by atoms with Crippen molar-refractivity contribution in [3.05, 3.63) is 23.6 Å². The van der Waals surface area contributed by atoms with Gasteiger partial charge in [-0.15, -0.1) is 6.42 Å². The third-order valence-corrected chi connectivity index (χ3v) is 2.48. The maximum Gasteiger partial charge on any atom is 0.164 e. The van der Waals surface area contributed by atoms with Crippen LogP contribution in [0.15, 0.2) is 18.5 Å². The van der Waals surface area contributed by atoms with Gasteiger partial charge in [-0.2, -0.15) is 0 Å². The summed E-state index contributed by atoms with van der Waals surface area (Å²) in [5.41, 5.74) is 0.679. The number of fused-ring (bicyclic) bond motifs is 1. The van der Waals surface area contributed by atoms with Crippen molar-refractivity contribution in [2.45, 2.75) is 0 Å². The summed E-state index contributed by atoms with van der Waals surface area (Å²) in [5.74, 6) is 3.47. The molecule has 0 aliphatic carbocycles.